The van der Waals surface area contributed by atoms with E-state index in [1.807, 2.05) is 18.2 Å². The third-order valence-corrected chi connectivity index (χ3v) is 2.69. The number of fused-ring (bicyclic) bond motifs is 1. The minimum absolute atomic E-state index is 0.297. The van der Waals surface area contributed by atoms with E-state index in [1.165, 1.54) is 0 Å². The van der Waals surface area contributed by atoms with Crippen LogP contribution in [0.5, 0.6) is 5.75 Å². The zero-order valence-electron chi connectivity index (χ0n) is 8.93. The molecule has 0 N–H and O–H groups in total. The van der Waals surface area contributed by atoms with Gasteiger partial charge in [-0.25, -0.2) is 0 Å². The third kappa shape index (κ3) is 1.47. The van der Waals surface area contributed by atoms with Gasteiger partial charge in [0.15, 0.2) is 6.29 Å². The van der Waals surface area contributed by atoms with Crippen LogP contribution in [0.4, 0.5) is 0 Å². The first kappa shape index (κ1) is 9.69. The summed E-state index contributed by atoms with van der Waals surface area (Å²) in [6.45, 7) is 1.26. The van der Waals surface area contributed by atoms with Gasteiger partial charge in [0.25, 0.3) is 0 Å². The van der Waals surface area contributed by atoms with Crippen LogP contribution < -0.4 is 4.74 Å². The highest BCUT2D eigenvalue weighted by Gasteiger charge is 2.22. The van der Waals surface area contributed by atoms with E-state index < -0.39 is 0 Å². The average Bonchev–Trinajstić information content (AvgIpc) is 2.96. The molecule has 1 aromatic carbocycles. The molecule has 0 radical (unpaired) electrons. The van der Waals surface area contributed by atoms with Crippen molar-refractivity contribution in [3.05, 3.63) is 30.0 Å². The maximum atomic E-state index is 5.46. The molecular weight excluding hydrogens is 208 g/mol. The van der Waals surface area contributed by atoms with Crippen molar-refractivity contribution in [2.75, 3.05) is 20.3 Å². The van der Waals surface area contributed by atoms with Gasteiger partial charge >= 0.3 is 0 Å². The minimum Gasteiger partial charge on any atom is -0.497 e. The summed E-state index contributed by atoms with van der Waals surface area (Å²) in [5, 5.41) is 1.01. The largest absolute Gasteiger partial charge is 0.497 e. The summed E-state index contributed by atoms with van der Waals surface area (Å²) in [7, 11) is 1.63. The van der Waals surface area contributed by atoms with Gasteiger partial charge < -0.3 is 18.6 Å². The Morgan fingerprint density at radius 3 is 2.81 bits per heavy atom. The van der Waals surface area contributed by atoms with Gasteiger partial charge in [0.2, 0.25) is 0 Å². The Hall–Kier alpha value is -1.52. The molecule has 4 heteroatoms. The lowest BCUT2D eigenvalue weighted by atomic mass is 10.1. The number of methoxy groups -OCH3 is 1. The van der Waals surface area contributed by atoms with Crippen molar-refractivity contribution in [2.45, 2.75) is 6.29 Å². The highest BCUT2D eigenvalue weighted by Crippen LogP contribution is 2.33. The van der Waals surface area contributed by atoms with Crippen LogP contribution in [0.15, 0.2) is 28.9 Å². The van der Waals surface area contributed by atoms with E-state index in [4.69, 9.17) is 18.6 Å². The first-order valence-corrected chi connectivity index (χ1v) is 5.17. The molecule has 4 nitrogen and oxygen atoms in total. The van der Waals surface area contributed by atoms with Crippen LogP contribution in [0.3, 0.4) is 0 Å². The van der Waals surface area contributed by atoms with E-state index in [9.17, 15) is 0 Å². The van der Waals surface area contributed by atoms with Gasteiger partial charge in [-0.1, -0.05) is 0 Å². The van der Waals surface area contributed by atoms with Crippen molar-refractivity contribution in [2.24, 2.45) is 0 Å². The summed E-state index contributed by atoms with van der Waals surface area (Å²) in [6, 6.07) is 5.71. The minimum atomic E-state index is -0.297. The van der Waals surface area contributed by atoms with Gasteiger partial charge in [0.1, 0.15) is 17.6 Å². The standard InChI is InChI=1S/C12H12O4/c1-13-8-2-3-9-10(7-16-11(9)6-8)12-14-4-5-15-12/h2-3,6-7,12H,4-5H2,1H3. The van der Waals surface area contributed by atoms with Crippen LogP contribution in [-0.2, 0) is 9.47 Å². The van der Waals surface area contributed by atoms with Crippen LogP contribution in [0.25, 0.3) is 11.0 Å². The molecule has 2 heterocycles. The van der Waals surface area contributed by atoms with Crippen LogP contribution >= 0.6 is 0 Å². The average molecular weight is 220 g/mol. The summed E-state index contributed by atoms with van der Waals surface area (Å²) in [5.41, 5.74) is 1.73. The maximum absolute atomic E-state index is 5.46. The van der Waals surface area contributed by atoms with E-state index in [0.717, 1.165) is 22.3 Å². The smallest absolute Gasteiger partial charge is 0.187 e. The molecule has 1 aliphatic heterocycles. The molecule has 1 saturated heterocycles. The molecule has 2 aromatic rings. The number of furan rings is 1. The number of benzene rings is 1. The lowest BCUT2D eigenvalue weighted by Crippen LogP contribution is -1.96. The molecule has 1 aliphatic rings. The van der Waals surface area contributed by atoms with Crippen molar-refractivity contribution >= 4 is 11.0 Å². The molecular formula is C12H12O4. The fourth-order valence-corrected chi connectivity index (χ4v) is 1.88. The molecule has 0 amide bonds. The molecule has 1 fully saturated rings. The first-order chi connectivity index (χ1) is 7.88. The van der Waals surface area contributed by atoms with Gasteiger partial charge in [0.05, 0.1) is 25.9 Å². The fourth-order valence-electron chi connectivity index (χ4n) is 1.88. The number of hydrogen-bond donors (Lipinski definition) is 0. The van der Waals surface area contributed by atoms with Gasteiger partial charge in [-0.2, -0.15) is 0 Å². The van der Waals surface area contributed by atoms with E-state index in [-0.39, 0.29) is 6.29 Å². The van der Waals surface area contributed by atoms with Gasteiger partial charge in [0, 0.05) is 11.5 Å². The molecule has 0 atom stereocenters. The highest BCUT2D eigenvalue weighted by atomic mass is 16.7. The summed E-state index contributed by atoms with van der Waals surface area (Å²) in [6.07, 6.45) is 1.38. The molecule has 0 aliphatic carbocycles. The summed E-state index contributed by atoms with van der Waals surface area (Å²) in [5.74, 6) is 0.779. The third-order valence-electron chi connectivity index (χ3n) is 2.69. The Morgan fingerprint density at radius 2 is 2.06 bits per heavy atom. The Bertz CT molecular complexity index is 497. The van der Waals surface area contributed by atoms with E-state index in [2.05, 4.69) is 0 Å². The first-order valence-electron chi connectivity index (χ1n) is 5.17. The van der Waals surface area contributed by atoms with Crippen LogP contribution in [0.2, 0.25) is 0 Å². The predicted molar refractivity (Wildman–Crippen MR) is 57.4 cm³/mol. The Labute approximate surface area is 92.7 Å². The monoisotopic (exact) mass is 220 g/mol. The second-order valence-corrected chi connectivity index (χ2v) is 3.63. The fraction of sp³-hybridized carbons (Fsp3) is 0.333. The summed E-state index contributed by atoms with van der Waals surface area (Å²) >= 11 is 0. The Morgan fingerprint density at radius 1 is 1.25 bits per heavy atom. The van der Waals surface area contributed by atoms with Gasteiger partial charge in [-0.05, 0) is 12.1 Å². The topological polar surface area (TPSA) is 40.8 Å². The van der Waals surface area contributed by atoms with Crippen molar-refractivity contribution in [3.63, 3.8) is 0 Å². The number of hydrogen-bond acceptors (Lipinski definition) is 4. The molecule has 16 heavy (non-hydrogen) atoms. The molecule has 84 valence electrons. The van der Waals surface area contributed by atoms with Crippen LogP contribution in [0.1, 0.15) is 11.9 Å². The lowest BCUT2D eigenvalue weighted by molar-refractivity contribution is -0.0435. The second kappa shape index (κ2) is 3.81. The zero-order valence-corrected chi connectivity index (χ0v) is 8.93. The Balaban J connectivity index is 2.06. The predicted octanol–water partition coefficient (Wildman–Crippen LogP) is 2.49. The highest BCUT2D eigenvalue weighted by molar-refractivity contribution is 5.82. The summed E-state index contributed by atoms with van der Waals surface area (Å²) < 4.78 is 21.5. The van der Waals surface area contributed by atoms with E-state index >= 15 is 0 Å². The van der Waals surface area contributed by atoms with E-state index in [1.54, 1.807) is 13.4 Å². The van der Waals surface area contributed by atoms with Gasteiger partial charge in [-0.3, -0.25) is 0 Å². The number of rotatable bonds is 2. The van der Waals surface area contributed by atoms with Crippen molar-refractivity contribution in [3.8, 4) is 5.75 Å². The maximum Gasteiger partial charge on any atom is 0.187 e. The van der Waals surface area contributed by atoms with Crippen molar-refractivity contribution < 1.29 is 18.6 Å². The molecule has 1 aromatic heterocycles. The molecule has 0 saturated carbocycles. The van der Waals surface area contributed by atoms with Crippen LogP contribution in [-0.4, -0.2) is 20.3 Å². The van der Waals surface area contributed by atoms with E-state index in [0.29, 0.717) is 13.2 Å². The molecule has 3 rings (SSSR count). The molecule has 0 unspecified atom stereocenters. The van der Waals surface area contributed by atoms with Gasteiger partial charge in [-0.15, -0.1) is 0 Å². The normalized spacial score (nSPS) is 17.1. The zero-order chi connectivity index (χ0) is 11.0. The second-order valence-electron chi connectivity index (χ2n) is 3.63. The molecule has 0 spiro atoms. The van der Waals surface area contributed by atoms with Crippen molar-refractivity contribution in [1.82, 2.24) is 0 Å². The van der Waals surface area contributed by atoms with Crippen LogP contribution in [0, 0.1) is 0 Å². The quantitative estimate of drug-likeness (QED) is 0.779. The number of ether oxygens (including phenoxy) is 3. The molecule has 0 bridgehead atoms. The van der Waals surface area contributed by atoms with Crippen molar-refractivity contribution in [1.29, 1.82) is 0 Å². The Kier molecular flexibility index (Phi) is 2.31. The lowest BCUT2D eigenvalue weighted by Gasteiger charge is -2.06. The SMILES string of the molecule is COc1ccc2c(C3OCCO3)coc2c1. The summed E-state index contributed by atoms with van der Waals surface area (Å²) in [4.78, 5) is 0.